The summed E-state index contributed by atoms with van der Waals surface area (Å²) in [5.74, 6) is -0.229. The Morgan fingerprint density at radius 3 is 2.32 bits per heavy atom. The molecule has 1 nitrogen and oxygen atoms in total. The summed E-state index contributed by atoms with van der Waals surface area (Å²) in [6.45, 7) is 1.98. The molecule has 0 radical (unpaired) electrons. The Hall–Kier alpha value is -1.19. The molecule has 2 rings (SSSR count). The van der Waals surface area contributed by atoms with Crippen LogP contribution in [-0.4, -0.2) is 5.33 Å². The Morgan fingerprint density at radius 2 is 1.68 bits per heavy atom. The number of hydrogen-bond donors (Lipinski definition) is 0. The molecule has 19 heavy (non-hydrogen) atoms. The molecule has 0 fully saturated rings. The molecule has 2 unspecified atom stereocenters. The molecule has 2 aromatic rings. The van der Waals surface area contributed by atoms with Gasteiger partial charge in [-0.1, -0.05) is 64.5 Å². The van der Waals surface area contributed by atoms with E-state index in [0.717, 1.165) is 5.56 Å². The molecule has 3 heteroatoms. The lowest BCUT2D eigenvalue weighted by molar-refractivity contribution is 0.00753. The summed E-state index contributed by atoms with van der Waals surface area (Å²) in [6.07, 6.45) is -0.375. The van der Waals surface area contributed by atoms with Gasteiger partial charge in [-0.2, -0.15) is 0 Å². The van der Waals surface area contributed by atoms with Gasteiger partial charge in [0.1, 0.15) is 5.82 Å². The van der Waals surface area contributed by atoms with Gasteiger partial charge in [-0.05, 0) is 18.6 Å². The van der Waals surface area contributed by atoms with Crippen LogP contribution in [0.5, 0.6) is 0 Å². The highest BCUT2D eigenvalue weighted by Gasteiger charge is 2.18. The third-order valence-corrected chi connectivity index (χ3v) is 3.62. The molecule has 0 bridgehead atoms. The van der Waals surface area contributed by atoms with E-state index in [1.54, 1.807) is 12.1 Å². The second-order valence-electron chi connectivity index (χ2n) is 4.35. The third-order valence-electron chi connectivity index (χ3n) is 3.03. The van der Waals surface area contributed by atoms with Gasteiger partial charge in [0, 0.05) is 10.9 Å². The lowest BCUT2D eigenvalue weighted by Gasteiger charge is -2.22. The average Bonchev–Trinajstić information content (AvgIpc) is 2.46. The van der Waals surface area contributed by atoms with E-state index < -0.39 is 0 Å². The van der Waals surface area contributed by atoms with Gasteiger partial charge < -0.3 is 4.74 Å². The maximum atomic E-state index is 13.8. The number of ether oxygens (including phenoxy) is 1. The van der Waals surface area contributed by atoms with Crippen molar-refractivity contribution in [1.29, 1.82) is 0 Å². The molecule has 100 valence electrons. The number of hydrogen-bond acceptors (Lipinski definition) is 1. The van der Waals surface area contributed by atoms with Gasteiger partial charge in [-0.15, -0.1) is 0 Å². The van der Waals surface area contributed by atoms with Gasteiger partial charge in [-0.25, -0.2) is 4.39 Å². The van der Waals surface area contributed by atoms with E-state index in [2.05, 4.69) is 15.9 Å². The smallest absolute Gasteiger partial charge is 0.129 e. The number of rotatable bonds is 5. The maximum absolute atomic E-state index is 13.8. The minimum atomic E-state index is -0.295. The lowest BCUT2D eigenvalue weighted by atomic mass is 10.1. The van der Waals surface area contributed by atoms with E-state index in [1.807, 2.05) is 43.3 Å². The largest absolute Gasteiger partial charge is 0.365 e. The summed E-state index contributed by atoms with van der Waals surface area (Å²) in [4.78, 5) is 0. The van der Waals surface area contributed by atoms with Crippen LogP contribution in [0.3, 0.4) is 0 Å². The van der Waals surface area contributed by atoms with Crippen molar-refractivity contribution in [1.82, 2.24) is 0 Å². The van der Waals surface area contributed by atoms with Crippen molar-refractivity contribution in [3.05, 3.63) is 71.5 Å². The monoisotopic (exact) mass is 322 g/mol. The second kappa shape index (κ2) is 6.83. The van der Waals surface area contributed by atoms with Crippen LogP contribution in [0.15, 0.2) is 54.6 Å². The molecule has 0 aliphatic carbocycles. The minimum Gasteiger partial charge on any atom is -0.365 e. The average molecular weight is 323 g/mol. The summed E-state index contributed by atoms with van der Waals surface area (Å²) in [7, 11) is 0. The zero-order valence-electron chi connectivity index (χ0n) is 10.7. The van der Waals surface area contributed by atoms with Crippen molar-refractivity contribution < 1.29 is 9.13 Å². The Labute approximate surface area is 121 Å². The van der Waals surface area contributed by atoms with Crippen molar-refractivity contribution in [2.45, 2.75) is 19.1 Å². The van der Waals surface area contributed by atoms with E-state index in [4.69, 9.17) is 4.74 Å². The van der Waals surface area contributed by atoms with Crippen LogP contribution >= 0.6 is 15.9 Å². The van der Waals surface area contributed by atoms with Gasteiger partial charge in [0.25, 0.3) is 0 Å². The van der Waals surface area contributed by atoms with Gasteiger partial charge in [-0.3, -0.25) is 0 Å². The third kappa shape index (κ3) is 3.64. The molecule has 0 saturated carbocycles. The predicted octanol–water partition coefficient (Wildman–Crippen LogP) is 5.04. The van der Waals surface area contributed by atoms with Crippen molar-refractivity contribution >= 4 is 15.9 Å². The molecule has 0 N–H and O–H groups in total. The minimum absolute atomic E-state index is 0.0802. The summed E-state index contributed by atoms with van der Waals surface area (Å²) in [6, 6.07) is 16.7. The molecule has 0 amide bonds. The molecule has 2 aromatic carbocycles. The van der Waals surface area contributed by atoms with Crippen LogP contribution < -0.4 is 0 Å². The highest BCUT2D eigenvalue weighted by atomic mass is 79.9. The molecular weight excluding hydrogens is 307 g/mol. The van der Waals surface area contributed by atoms with Crippen LogP contribution in [0.4, 0.5) is 4.39 Å². The van der Waals surface area contributed by atoms with Crippen LogP contribution in [0.25, 0.3) is 0 Å². The maximum Gasteiger partial charge on any atom is 0.129 e. The van der Waals surface area contributed by atoms with E-state index in [1.165, 1.54) is 6.07 Å². The van der Waals surface area contributed by atoms with E-state index in [-0.39, 0.29) is 18.0 Å². The molecule has 0 aliphatic heterocycles. The SMILES string of the molecule is CC(OC(CBr)c1ccccc1F)c1ccccc1. The normalized spacial score (nSPS) is 14.1. The van der Waals surface area contributed by atoms with Gasteiger partial charge >= 0.3 is 0 Å². The fraction of sp³-hybridized carbons (Fsp3) is 0.250. The Balaban J connectivity index is 2.14. The summed E-state index contributed by atoms with van der Waals surface area (Å²) < 4.78 is 19.7. The van der Waals surface area contributed by atoms with Crippen LogP contribution in [0, 0.1) is 5.82 Å². The van der Waals surface area contributed by atoms with Crippen molar-refractivity contribution in [2.75, 3.05) is 5.33 Å². The zero-order valence-corrected chi connectivity index (χ0v) is 12.3. The number of halogens is 2. The number of benzene rings is 2. The van der Waals surface area contributed by atoms with E-state index in [9.17, 15) is 4.39 Å². The van der Waals surface area contributed by atoms with Gasteiger partial charge in [0.05, 0.1) is 12.2 Å². The van der Waals surface area contributed by atoms with Crippen LogP contribution in [-0.2, 0) is 4.74 Å². The molecule has 0 aromatic heterocycles. The first-order valence-electron chi connectivity index (χ1n) is 6.23. The fourth-order valence-electron chi connectivity index (χ4n) is 1.98. The predicted molar refractivity (Wildman–Crippen MR) is 78.9 cm³/mol. The van der Waals surface area contributed by atoms with Crippen LogP contribution in [0.1, 0.15) is 30.3 Å². The topological polar surface area (TPSA) is 9.23 Å². The highest BCUT2D eigenvalue weighted by Crippen LogP contribution is 2.29. The highest BCUT2D eigenvalue weighted by molar-refractivity contribution is 9.09. The molecule has 0 heterocycles. The molecule has 0 spiro atoms. The van der Waals surface area contributed by atoms with Crippen LogP contribution in [0.2, 0.25) is 0 Å². The molecular formula is C16H16BrFO. The fourth-order valence-corrected chi connectivity index (χ4v) is 2.48. The van der Waals surface area contributed by atoms with Gasteiger partial charge in [0.2, 0.25) is 0 Å². The Bertz CT molecular complexity index is 515. The lowest BCUT2D eigenvalue weighted by Crippen LogP contribution is -2.11. The summed E-state index contributed by atoms with van der Waals surface area (Å²) in [5, 5.41) is 0.561. The standard InChI is InChI=1S/C16H16BrFO/c1-12(13-7-3-2-4-8-13)19-16(11-17)14-9-5-6-10-15(14)18/h2-10,12,16H,11H2,1H3. The van der Waals surface area contributed by atoms with Gasteiger partial charge in [0.15, 0.2) is 0 Å². The first-order chi connectivity index (χ1) is 9.22. The number of alkyl halides is 1. The Kier molecular flexibility index (Phi) is 5.11. The van der Waals surface area contributed by atoms with Crippen molar-refractivity contribution in [3.63, 3.8) is 0 Å². The molecule has 0 saturated heterocycles. The van der Waals surface area contributed by atoms with E-state index in [0.29, 0.717) is 10.9 Å². The summed E-state index contributed by atoms with van der Waals surface area (Å²) in [5.41, 5.74) is 1.67. The van der Waals surface area contributed by atoms with Crippen molar-refractivity contribution in [3.8, 4) is 0 Å². The first-order valence-corrected chi connectivity index (χ1v) is 7.35. The zero-order chi connectivity index (χ0) is 13.7. The molecule has 0 aliphatic rings. The quantitative estimate of drug-likeness (QED) is 0.701. The first kappa shape index (κ1) is 14.2. The van der Waals surface area contributed by atoms with E-state index >= 15 is 0 Å². The summed E-state index contributed by atoms with van der Waals surface area (Å²) >= 11 is 3.40. The van der Waals surface area contributed by atoms with Crippen molar-refractivity contribution in [2.24, 2.45) is 0 Å². The Morgan fingerprint density at radius 1 is 1.05 bits per heavy atom. The molecule has 2 atom stereocenters. The second-order valence-corrected chi connectivity index (χ2v) is 5.00.